The maximum absolute atomic E-state index is 10.3. The van der Waals surface area contributed by atoms with E-state index >= 15 is 0 Å². The van der Waals surface area contributed by atoms with Crippen LogP contribution in [0.1, 0.15) is 78.1 Å². The van der Waals surface area contributed by atoms with E-state index in [-0.39, 0.29) is 0 Å². The van der Waals surface area contributed by atoms with E-state index in [0.29, 0.717) is 6.42 Å². The van der Waals surface area contributed by atoms with Gasteiger partial charge in [-0.05, 0) is 45.4 Å². The standard InChI is InChI=1S/C17H30O2/c1-3-16(2)14-12-10-8-6-4-5-7-9-11-13-15-17(18)19/h6,8,14H,3-5,7,9-13,15H2,1-2H3,(H,18,19)/b8-6+,16-14+. The summed E-state index contributed by atoms with van der Waals surface area (Å²) in [5.41, 5.74) is 1.48. The van der Waals surface area contributed by atoms with E-state index in [1.165, 1.54) is 24.8 Å². The molecule has 0 saturated carbocycles. The number of carboxylic acids is 1. The topological polar surface area (TPSA) is 37.3 Å². The van der Waals surface area contributed by atoms with Gasteiger partial charge < -0.3 is 5.11 Å². The van der Waals surface area contributed by atoms with Gasteiger partial charge in [0.25, 0.3) is 0 Å². The minimum Gasteiger partial charge on any atom is -0.481 e. The third-order valence-electron chi connectivity index (χ3n) is 3.31. The van der Waals surface area contributed by atoms with Gasteiger partial charge in [-0.3, -0.25) is 4.79 Å². The molecule has 0 aliphatic carbocycles. The summed E-state index contributed by atoms with van der Waals surface area (Å²) >= 11 is 0. The first-order chi connectivity index (χ1) is 9.16. The summed E-state index contributed by atoms with van der Waals surface area (Å²) in [5.74, 6) is -0.671. The van der Waals surface area contributed by atoms with Crippen molar-refractivity contribution in [1.29, 1.82) is 0 Å². The van der Waals surface area contributed by atoms with E-state index < -0.39 is 5.97 Å². The van der Waals surface area contributed by atoms with Crippen LogP contribution >= 0.6 is 0 Å². The highest BCUT2D eigenvalue weighted by molar-refractivity contribution is 5.66. The van der Waals surface area contributed by atoms with Gasteiger partial charge in [0.05, 0.1) is 0 Å². The van der Waals surface area contributed by atoms with Crippen LogP contribution in [0, 0.1) is 0 Å². The Hall–Kier alpha value is -1.05. The maximum Gasteiger partial charge on any atom is 0.303 e. The SMILES string of the molecule is CC/C(C)=C/CC/C=C/CCCCCCCC(=O)O. The summed E-state index contributed by atoms with van der Waals surface area (Å²) in [4.78, 5) is 10.3. The van der Waals surface area contributed by atoms with Crippen LogP contribution in [-0.2, 0) is 4.79 Å². The summed E-state index contributed by atoms with van der Waals surface area (Å²) in [6.07, 6.45) is 17.3. The smallest absolute Gasteiger partial charge is 0.303 e. The molecule has 1 N–H and O–H groups in total. The van der Waals surface area contributed by atoms with Gasteiger partial charge >= 0.3 is 5.97 Å². The molecule has 0 bridgehead atoms. The molecule has 0 heterocycles. The van der Waals surface area contributed by atoms with Gasteiger partial charge in [-0.15, -0.1) is 0 Å². The quantitative estimate of drug-likeness (QED) is 0.374. The van der Waals surface area contributed by atoms with Crippen molar-refractivity contribution in [3.05, 3.63) is 23.8 Å². The normalized spacial score (nSPS) is 12.2. The molecule has 0 aromatic rings. The lowest BCUT2D eigenvalue weighted by molar-refractivity contribution is -0.137. The summed E-state index contributed by atoms with van der Waals surface area (Å²) in [6.45, 7) is 4.38. The van der Waals surface area contributed by atoms with Gasteiger partial charge in [-0.25, -0.2) is 0 Å². The Bertz CT molecular complexity index is 277. The largest absolute Gasteiger partial charge is 0.481 e. The van der Waals surface area contributed by atoms with Crippen LogP contribution in [-0.4, -0.2) is 11.1 Å². The number of unbranched alkanes of at least 4 members (excludes halogenated alkanes) is 6. The molecule has 0 amide bonds. The number of carbonyl (C=O) groups is 1. The molecule has 0 spiro atoms. The van der Waals surface area contributed by atoms with E-state index in [9.17, 15) is 4.79 Å². The lowest BCUT2D eigenvalue weighted by Gasteiger charge is -1.98. The molecule has 0 aliphatic heterocycles. The van der Waals surface area contributed by atoms with Gasteiger partial charge in [-0.2, -0.15) is 0 Å². The van der Waals surface area contributed by atoms with Gasteiger partial charge in [0, 0.05) is 6.42 Å². The molecular weight excluding hydrogens is 236 g/mol. The fourth-order valence-electron chi connectivity index (χ4n) is 1.87. The average molecular weight is 266 g/mol. The molecule has 0 aromatic carbocycles. The van der Waals surface area contributed by atoms with Crippen molar-refractivity contribution >= 4 is 5.97 Å². The second-order valence-corrected chi connectivity index (χ2v) is 5.15. The van der Waals surface area contributed by atoms with Crippen molar-refractivity contribution in [1.82, 2.24) is 0 Å². The lowest BCUT2D eigenvalue weighted by Crippen LogP contribution is -1.93. The molecule has 2 heteroatoms. The Balaban J connectivity index is 3.23. The molecule has 0 fully saturated rings. The first-order valence-electron chi connectivity index (χ1n) is 7.69. The van der Waals surface area contributed by atoms with Crippen molar-refractivity contribution in [3.63, 3.8) is 0 Å². The van der Waals surface area contributed by atoms with Crippen LogP contribution < -0.4 is 0 Å². The molecule has 19 heavy (non-hydrogen) atoms. The second-order valence-electron chi connectivity index (χ2n) is 5.15. The fraction of sp³-hybridized carbons (Fsp3) is 0.706. The van der Waals surface area contributed by atoms with Gasteiger partial charge in [0.2, 0.25) is 0 Å². The summed E-state index contributed by atoms with van der Waals surface area (Å²) < 4.78 is 0. The molecule has 110 valence electrons. The number of carboxylic acid groups (broad SMARTS) is 1. The van der Waals surface area contributed by atoms with E-state index in [1.807, 2.05) is 0 Å². The molecule has 0 aromatic heterocycles. The van der Waals surface area contributed by atoms with Crippen LogP contribution in [0.15, 0.2) is 23.8 Å². The predicted molar refractivity (Wildman–Crippen MR) is 82.4 cm³/mol. The monoisotopic (exact) mass is 266 g/mol. The molecule has 0 unspecified atom stereocenters. The third kappa shape index (κ3) is 14.9. The number of hydrogen-bond donors (Lipinski definition) is 1. The van der Waals surface area contributed by atoms with Crippen molar-refractivity contribution in [3.8, 4) is 0 Å². The van der Waals surface area contributed by atoms with E-state index in [0.717, 1.165) is 38.5 Å². The molecule has 0 rings (SSSR count). The van der Waals surface area contributed by atoms with Crippen molar-refractivity contribution in [2.45, 2.75) is 78.1 Å². The Kier molecular flexibility index (Phi) is 12.6. The van der Waals surface area contributed by atoms with Gasteiger partial charge in [-0.1, -0.05) is 50.0 Å². The maximum atomic E-state index is 10.3. The number of aliphatic carboxylic acids is 1. The highest BCUT2D eigenvalue weighted by Crippen LogP contribution is 2.08. The van der Waals surface area contributed by atoms with Crippen molar-refractivity contribution < 1.29 is 9.90 Å². The van der Waals surface area contributed by atoms with E-state index in [2.05, 4.69) is 32.1 Å². The minimum absolute atomic E-state index is 0.324. The Morgan fingerprint density at radius 2 is 1.58 bits per heavy atom. The highest BCUT2D eigenvalue weighted by Gasteiger charge is 1.95. The Morgan fingerprint density at radius 3 is 2.26 bits per heavy atom. The predicted octanol–water partition coefficient (Wildman–Crippen LogP) is 5.49. The van der Waals surface area contributed by atoms with Crippen LogP contribution in [0.3, 0.4) is 0 Å². The number of rotatable bonds is 12. The number of hydrogen-bond acceptors (Lipinski definition) is 1. The molecule has 0 radical (unpaired) electrons. The van der Waals surface area contributed by atoms with Crippen LogP contribution in [0.25, 0.3) is 0 Å². The van der Waals surface area contributed by atoms with Crippen LogP contribution in [0.4, 0.5) is 0 Å². The third-order valence-corrected chi connectivity index (χ3v) is 3.31. The Morgan fingerprint density at radius 1 is 0.947 bits per heavy atom. The van der Waals surface area contributed by atoms with Crippen molar-refractivity contribution in [2.24, 2.45) is 0 Å². The molecule has 2 nitrogen and oxygen atoms in total. The molecule has 0 aliphatic rings. The first kappa shape index (κ1) is 17.9. The lowest BCUT2D eigenvalue weighted by atomic mass is 10.1. The zero-order chi connectivity index (χ0) is 14.3. The first-order valence-corrected chi connectivity index (χ1v) is 7.69. The zero-order valence-corrected chi connectivity index (χ0v) is 12.7. The van der Waals surface area contributed by atoms with E-state index in [1.54, 1.807) is 0 Å². The van der Waals surface area contributed by atoms with Crippen LogP contribution in [0.2, 0.25) is 0 Å². The summed E-state index contributed by atoms with van der Waals surface area (Å²) in [7, 11) is 0. The van der Waals surface area contributed by atoms with E-state index in [4.69, 9.17) is 5.11 Å². The fourth-order valence-corrected chi connectivity index (χ4v) is 1.87. The van der Waals surface area contributed by atoms with Gasteiger partial charge in [0.15, 0.2) is 0 Å². The average Bonchev–Trinajstić information content (AvgIpc) is 2.39. The van der Waals surface area contributed by atoms with Crippen molar-refractivity contribution in [2.75, 3.05) is 0 Å². The summed E-state index contributed by atoms with van der Waals surface area (Å²) in [6, 6.07) is 0. The molecule has 0 saturated heterocycles. The van der Waals surface area contributed by atoms with Gasteiger partial charge in [0.1, 0.15) is 0 Å². The zero-order valence-electron chi connectivity index (χ0n) is 12.7. The number of allylic oxidation sites excluding steroid dienone is 4. The summed E-state index contributed by atoms with van der Waals surface area (Å²) in [5, 5.41) is 8.49. The Labute approximate surface area is 118 Å². The highest BCUT2D eigenvalue weighted by atomic mass is 16.4. The second kappa shape index (κ2) is 13.4. The molecule has 0 atom stereocenters. The minimum atomic E-state index is -0.671. The van der Waals surface area contributed by atoms with Crippen LogP contribution in [0.5, 0.6) is 0 Å². The molecular formula is C17H30O2.